The number of aryl methyl sites for hydroxylation is 1. The highest BCUT2D eigenvalue weighted by Gasteiger charge is 2.30. The summed E-state index contributed by atoms with van der Waals surface area (Å²) in [6, 6.07) is 17.3. The molecule has 4 heterocycles. The summed E-state index contributed by atoms with van der Waals surface area (Å²) in [6.07, 6.45) is 8.57. The van der Waals surface area contributed by atoms with Crippen LogP contribution in [0.5, 0.6) is 17.2 Å². The number of aromatic amines is 1. The Labute approximate surface area is 277 Å². The molecule has 0 radical (unpaired) electrons. The molecule has 1 amide bonds. The number of nitrogens with one attached hydrogen (secondary N) is 2. The minimum atomic E-state index is -0.345. The highest BCUT2D eigenvalue weighted by Crippen LogP contribution is 2.48. The first kappa shape index (κ1) is 29.6. The van der Waals surface area contributed by atoms with Gasteiger partial charge < -0.3 is 29.4 Å². The van der Waals surface area contributed by atoms with Crippen LogP contribution in [0.15, 0.2) is 66.2 Å². The van der Waals surface area contributed by atoms with Crippen LogP contribution in [-0.4, -0.2) is 39.3 Å². The van der Waals surface area contributed by atoms with Crippen molar-refractivity contribution in [3.05, 3.63) is 93.6 Å². The molecular weight excluding hydrogens is 609 g/mol. The van der Waals surface area contributed by atoms with E-state index in [-0.39, 0.29) is 17.7 Å². The van der Waals surface area contributed by atoms with Gasteiger partial charge in [0.05, 0.1) is 36.1 Å². The molecule has 3 aromatic carbocycles. The molecule has 1 fully saturated rings. The first-order chi connectivity index (χ1) is 23.0. The topological polar surface area (TPSA) is 101 Å². The zero-order valence-electron chi connectivity index (χ0n) is 26.6. The van der Waals surface area contributed by atoms with Crippen molar-refractivity contribution >= 4 is 39.0 Å². The lowest BCUT2D eigenvalue weighted by Gasteiger charge is -2.23. The molecule has 47 heavy (non-hydrogen) atoms. The summed E-state index contributed by atoms with van der Waals surface area (Å²) < 4.78 is 14.2. The zero-order valence-corrected chi connectivity index (χ0v) is 27.5. The molecule has 240 valence electrons. The van der Waals surface area contributed by atoms with Crippen molar-refractivity contribution in [3.63, 3.8) is 0 Å². The van der Waals surface area contributed by atoms with E-state index < -0.39 is 0 Å². The maximum absolute atomic E-state index is 14.1. The lowest BCUT2D eigenvalue weighted by Crippen LogP contribution is -2.30. The molecule has 6 aromatic rings. The van der Waals surface area contributed by atoms with Gasteiger partial charge in [-0.05, 0) is 79.3 Å². The number of aromatic nitrogens is 3. The van der Waals surface area contributed by atoms with Gasteiger partial charge in [0.1, 0.15) is 23.9 Å². The fraction of sp³-hybridized carbons (Fsp3) is 0.316. The van der Waals surface area contributed by atoms with Gasteiger partial charge in [-0.2, -0.15) is 0 Å². The van der Waals surface area contributed by atoms with Crippen molar-refractivity contribution in [1.29, 1.82) is 0 Å². The molecule has 2 aliphatic rings. The number of hydrogen-bond acceptors (Lipinski definition) is 6. The minimum Gasteiger partial charge on any atom is -0.508 e. The molecule has 0 unspecified atom stereocenters. The van der Waals surface area contributed by atoms with E-state index in [1.807, 2.05) is 42.8 Å². The SMILES string of the molecule is COc1ccc2c(c1)OCCn1c-2c(C2CCCCC2)c2ccc(C(=O)N[C@@H](Cc3c[nH]c4ccc(O)cc34)c3csc(C)n3)cc21. The van der Waals surface area contributed by atoms with Gasteiger partial charge in [0.2, 0.25) is 0 Å². The highest BCUT2D eigenvalue weighted by molar-refractivity contribution is 7.09. The summed E-state index contributed by atoms with van der Waals surface area (Å²) in [4.78, 5) is 22.2. The third-order valence-electron chi connectivity index (χ3n) is 9.87. The van der Waals surface area contributed by atoms with E-state index in [4.69, 9.17) is 14.5 Å². The van der Waals surface area contributed by atoms with Crippen LogP contribution in [0.25, 0.3) is 33.1 Å². The van der Waals surface area contributed by atoms with E-state index in [1.165, 1.54) is 48.7 Å². The van der Waals surface area contributed by atoms with Crippen LogP contribution in [0.4, 0.5) is 0 Å². The third kappa shape index (κ3) is 5.42. The number of H-pyrrole nitrogens is 1. The number of benzene rings is 3. The van der Waals surface area contributed by atoms with Crippen LogP contribution in [0.1, 0.15) is 76.3 Å². The van der Waals surface area contributed by atoms with Crippen LogP contribution in [-0.2, 0) is 13.0 Å². The average Bonchev–Trinajstić information content (AvgIpc) is 3.76. The van der Waals surface area contributed by atoms with Crippen molar-refractivity contribution in [2.75, 3.05) is 13.7 Å². The van der Waals surface area contributed by atoms with Crippen LogP contribution in [0.2, 0.25) is 0 Å². The zero-order chi connectivity index (χ0) is 32.1. The Morgan fingerprint density at radius 2 is 2.00 bits per heavy atom. The number of hydrogen-bond donors (Lipinski definition) is 3. The second kappa shape index (κ2) is 12.1. The Bertz CT molecular complexity index is 2120. The number of carbonyl (C=O) groups is 1. The standard InChI is InChI=1S/C38H38N4O4S/c1-22-40-33(21-47-22)32(16-25-20-39-31-13-9-26(43)18-30(25)31)41-38(44)24-8-11-28-34(17-24)42-14-15-46-35-19-27(45-2)10-12-29(35)37(42)36(28)23-6-4-3-5-7-23/h8-13,17-21,23,32,39,43H,3-7,14-16H2,1-2H3,(H,41,44)/t32-/m0/s1. The van der Waals surface area contributed by atoms with Crippen LogP contribution >= 0.6 is 11.3 Å². The summed E-state index contributed by atoms with van der Waals surface area (Å²) >= 11 is 1.57. The van der Waals surface area contributed by atoms with Gasteiger partial charge in [0.25, 0.3) is 5.91 Å². The van der Waals surface area contributed by atoms with Crippen molar-refractivity contribution < 1.29 is 19.4 Å². The lowest BCUT2D eigenvalue weighted by molar-refractivity contribution is 0.0936. The number of methoxy groups -OCH3 is 1. The molecule has 1 saturated carbocycles. The molecule has 3 N–H and O–H groups in total. The van der Waals surface area contributed by atoms with Crippen LogP contribution in [0.3, 0.4) is 0 Å². The first-order valence-corrected chi connectivity index (χ1v) is 17.3. The van der Waals surface area contributed by atoms with Gasteiger partial charge in [-0.15, -0.1) is 11.3 Å². The number of thiazole rings is 1. The number of fused-ring (bicyclic) bond motifs is 6. The molecule has 3 aromatic heterocycles. The third-order valence-corrected chi connectivity index (χ3v) is 10.7. The summed E-state index contributed by atoms with van der Waals surface area (Å²) in [5, 5.41) is 18.6. The van der Waals surface area contributed by atoms with Crippen molar-refractivity contribution in [2.45, 2.75) is 64.0 Å². The Hall–Kier alpha value is -4.76. The molecule has 0 bridgehead atoms. The largest absolute Gasteiger partial charge is 0.508 e. The second-order valence-electron chi connectivity index (χ2n) is 12.8. The maximum atomic E-state index is 14.1. The summed E-state index contributed by atoms with van der Waals surface area (Å²) in [5.74, 6) is 2.15. The molecule has 1 aliphatic heterocycles. The minimum absolute atomic E-state index is 0.144. The van der Waals surface area contributed by atoms with Gasteiger partial charge >= 0.3 is 0 Å². The molecule has 0 spiro atoms. The molecular formula is C38H38N4O4S. The first-order valence-electron chi connectivity index (χ1n) is 16.5. The fourth-order valence-corrected chi connectivity index (χ4v) is 8.27. The van der Waals surface area contributed by atoms with Crippen molar-refractivity contribution in [1.82, 2.24) is 19.9 Å². The Morgan fingerprint density at radius 1 is 1.13 bits per heavy atom. The number of phenolic OH excluding ortho intramolecular Hbond substituents is 1. The fourth-order valence-electron chi connectivity index (χ4n) is 7.60. The Balaban J connectivity index is 1.19. The molecule has 9 heteroatoms. The van der Waals surface area contributed by atoms with Gasteiger partial charge in [-0.25, -0.2) is 4.98 Å². The van der Waals surface area contributed by atoms with E-state index >= 15 is 0 Å². The number of aromatic hydroxyl groups is 1. The quantitative estimate of drug-likeness (QED) is 0.162. The van der Waals surface area contributed by atoms with Gasteiger partial charge in [-0.3, -0.25) is 4.79 Å². The van der Waals surface area contributed by atoms with Gasteiger partial charge in [0, 0.05) is 57.0 Å². The predicted molar refractivity (Wildman–Crippen MR) is 186 cm³/mol. The smallest absolute Gasteiger partial charge is 0.251 e. The highest BCUT2D eigenvalue weighted by atomic mass is 32.1. The number of ether oxygens (including phenoxy) is 2. The molecule has 8 rings (SSSR count). The molecule has 1 atom stereocenters. The van der Waals surface area contributed by atoms with Crippen LogP contribution < -0.4 is 14.8 Å². The lowest BCUT2D eigenvalue weighted by atomic mass is 9.81. The van der Waals surface area contributed by atoms with E-state index in [2.05, 4.69) is 33.1 Å². The van der Waals surface area contributed by atoms with E-state index in [0.717, 1.165) is 49.7 Å². The van der Waals surface area contributed by atoms with E-state index in [0.29, 0.717) is 31.1 Å². The molecule has 1 aliphatic carbocycles. The number of rotatable bonds is 7. The van der Waals surface area contributed by atoms with Crippen LogP contribution in [0, 0.1) is 6.92 Å². The second-order valence-corrected chi connectivity index (χ2v) is 13.8. The number of amides is 1. The summed E-state index contributed by atoms with van der Waals surface area (Å²) in [5.41, 5.74) is 8.11. The summed E-state index contributed by atoms with van der Waals surface area (Å²) in [7, 11) is 1.68. The normalized spacial score (nSPS) is 15.5. The monoisotopic (exact) mass is 646 g/mol. The van der Waals surface area contributed by atoms with Crippen molar-refractivity contribution in [3.8, 4) is 28.5 Å². The van der Waals surface area contributed by atoms with E-state index in [9.17, 15) is 9.90 Å². The number of phenols is 1. The maximum Gasteiger partial charge on any atom is 0.251 e. The Kier molecular flexibility index (Phi) is 7.64. The average molecular weight is 647 g/mol. The van der Waals surface area contributed by atoms with Gasteiger partial charge in [-0.1, -0.05) is 25.3 Å². The van der Waals surface area contributed by atoms with Crippen molar-refractivity contribution in [2.24, 2.45) is 0 Å². The molecule has 0 saturated heterocycles. The Morgan fingerprint density at radius 3 is 2.81 bits per heavy atom. The van der Waals surface area contributed by atoms with Gasteiger partial charge in [0.15, 0.2) is 0 Å². The predicted octanol–water partition coefficient (Wildman–Crippen LogP) is 8.42. The summed E-state index contributed by atoms with van der Waals surface area (Å²) in [6.45, 7) is 3.20. The number of nitrogens with zero attached hydrogens (tertiary/aromatic N) is 2. The van der Waals surface area contributed by atoms with E-state index in [1.54, 1.807) is 30.6 Å². The molecule has 8 nitrogen and oxygen atoms in total. The number of carbonyl (C=O) groups excluding carboxylic acids is 1.